The molecule has 4 atom stereocenters. The Bertz CT molecular complexity index is 497. The van der Waals surface area contributed by atoms with Gasteiger partial charge in [-0.25, -0.2) is 4.39 Å². The molecule has 4 unspecified atom stereocenters. The maximum absolute atomic E-state index is 13.3. The number of Topliss-reactive ketones (excluding diaryl/α,β-unsaturated/α-hetero) is 1. The summed E-state index contributed by atoms with van der Waals surface area (Å²) >= 11 is 3.25. The maximum Gasteiger partial charge on any atom is 0.142 e. The fourth-order valence-electron chi connectivity index (χ4n) is 3.85. The van der Waals surface area contributed by atoms with Gasteiger partial charge in [-0.05, 0) is 54.9 Å². The van der Waals surface area contributed by atoms with Crippen molar-refractivity contribution in [2.24, 2.45) is 23.5 Å². The summed E-state index contributed by atoms with van der Waals surface area (Å²) in [7, 11) is 0. The smallest absolute Gasteiger partial charge is 0.142 e. The van der Waals surface area contributed by atoms with Crippen LogP contribution in [0.5, 0.6) is 0 Å². The second-order valence-electron chi connectivity index (χ2n) is 5.86. The van der Waals surface area contributed by atoms with E-state index in [0.717, 1.165) is 18.4 Å². The standard InChI is InChI=1S/C15H17BrFNO/c16-11-3-8(4-12(17)7-11)5-13(19)14-9-1-2-10(6-9)15(14)18/h3-4,7,9-10,14-15H,1-2,5-6,18H2. The lowest BCUT2D eigenvalue weighted by molar-refractivity contribution is -0.124. The molecule has 2 nitrogen and oxygen atoms in total. The van der Waals surface area contributed by atoms with Gasteiger partial charge in [0.15, 0.2) is 0 Å². The van der Waals surface area contributed by atoms with Gasteiger partial charge in [-0.3, -0.25) is 4.79 Å². The second kappa shape index (κ2) is 4.98. The first-order chi connectivity index (χ1) is 9.04. The quantitative estimate of drug-likeness (QED) is 0.928. The SMILES string of the molecule is NC1C2CCC(C2)C1C(=O)Cc1cc(F)cc(Br)c1. The number of benzene rings is 1. The Morgan fingerprint density at radius 3 is 2.68 bits per heavy atom. The summed E-state index contributed by atoms with van der Waals surface area (Å²) in [6.07, 6.45) is 3.69. The summed E-state index contributed by atoms with van der Waals surface area (Å²) in [5, 5.41) is 0. The van der Waals surface area contributed by atoms with Gasteiger partial charge in [-0.2, -0.15) is 0 Å². The lowest BCUT2D eigenvalue weighted by Crippen LogP contribution is -2.40. The summed E-state index contributed by atoms with van der Waals surface area (Å²) in [6, 6.07) is 4.65. The first kappa shape index (κ1) is 13.3. The van der Waals surface area contributed by atoms with Crippen LogP contribution in [-0.4, -0.2) is 11.8 Å². The predicted octanol–water partition coefficient (Wildman–Crippen LogP) is 3.07. The minimum Gasteiger partial charge on any atom is -0.327 e. The van der Waals surface area contributed by atoms with E-state index in [2.05, 4.69) is 15.9 Å². The molecule has 19 heavy (non-hydrogen) atoms. The van der Waals surface area contributed by atoms with Crippen LogP contribution < -0.4 is 5.73 Å². The largest absolute Gasteiger partial charge is 0.327 e. The molecule has 0 aromatic heterocycles. The van der Waals surface area contributed by atoms with Crippen LogP contribution in [0, 0.1) is 23.6 Å². The molecule has 2 aliphatic rings. The Balaban J connectivity index is 1.75. The summed E-state index contributed by atoms with van der Waals surface area (Å²) in [6.45, 7) is 0. The lowest BCUT2D eigenvalue weighted by Gasteiger charge is -2.26. The monoisotopic (exact) mass is 325 g/mol. The molecule has 0 amide bonds. The highest BCUT2D eigenvalue weighted by molar-refractivity contribution is 9.10. The molecule has 3 rings (SSSR count). The van der Waals surface area contributed by atoms with Crippen molar-refractivity contribution in [2.75, 3.05) is 0 Å². The molecule has 2 N–H and O–H groups in total. The molecular formula is C15H17BrFNO. The van der Waals surface area contributed by atoms with Crippen molar-refractivity contribution in [3.05, 3.63) is 34.1 Å². The molecule has 102 valence electrons. The van der Waals surface area contributed by atoms with Gasteiger partial charge in [0.05, 0.1) is 0 Å². The van der Waals surface area contributed by atoms with Crippen LogP contribution in [0.25, 0.3) is 0 Å². The van der Waals surface area contributed by atoms with Gasteiger partial charge < -0.3 is 5.73 Å². The number of carbonyl (C=O) groups excluding carboxylic acids is 1. The highest BCUT2D eigenvalue weighted by atomic mass is 79.9. The van der Waals surface area contributed by atoms with Crippen LogP contribution in [0.1, 0.15) is 24.8 Å². The van der Waals surface area contributed by atoms with Gasteiger partial charge in [-0.15, -0.1) is 0 Å². The van der Waals surface area contributed by atoms with E-state index in [-0.39, 0.29) is 30.0 Å². The Labute approximate surface area is 120 Å². The van der Waals surface area contributed by atoms with Crippen molar-refractivity contribution in [3.8, 4) is 0 Å². The van der Waals surface area contributed by atoms with Crippen LogP contribution in [0.3, 0.4) is 0 Å². The van der Waals surface area contributed by atoms with Gasteiger partial charge in [0.1, 0.15) is 11.6 Å². The molecule has 0 spiro atoms. The lowest BCUT2D eigenvalue weighted by atomic mass is 9.80. The third-order valence-corrected chi connectivity index (χ3v) is 5.11. The van der Waals surface area contributed by atoms with Gasteiger partial charge in [0.2, 0.25) is 0 Å². The molecule has 2 aliphatic carbocycles. The molecule has 0 aliphatic heterocycles. The summed E-state index contributed by atoms with van der Waals surface area (Å²) in [5.74, 6) is 0.843. The second-order valence-corrected chi connectivity index (χ2v) is 6.77. The number of fused-ring (bicyclic) bond motifs is 2. The zero-order valence-electron chi connectivity index (χ0n) is 10.6. The Morgan fingerprint density at radius 1 is 1.32 bits per heavy atom. The molecule has 0 heterocycles. The summed E-state index contributed by atoms with van der Waals surface area (Å²) in [5.41, 5.74) is 6.90. The number of hydrogen-bond acceptors (Lipinski definition) is 2. The molecular weight excluding hydrogens is 309 g/mol. The van der Waals surface area contributed by atoms with Crippen LogP contribution >= 0.6 is 15.9 Å². The topological polar surface area (TPSA) is 43.1 Å². The molecule has 0 saturated heterocycles. The highest BCUT2D eigenvalue weighted by Crippen LogP contribution is 2.48. The van der Waals surface area contributed by atoms with Crippen molar-refractivity contribution in [1.29, 1.82) is 0 Å². The van der Waals surface area contributed by atoms with Crippen LogP contribution in [0.2, 0.25) is 0 Å². The van der Waals surface area contributed by atoms with E-state index >= 15 is 0 Å². The summed E-state index contributed by atoms with van der Waals surface area (Å²) < 4.78 is 14.0. The Kier molecular flexibility index (Phi) is 3.48. The molecule has 1 aromatic rings. The van der Waals surface area contributed by atoms with Crippen molar-refractivity contribution >= 4 is 21.7 Å². The first-order valence-corrected chi connectivity index (χ1v) is 7.57. The van der Waals surface area contributed by atoms with E-state index < -0.39 is 0 Å². The number of nitrogens with two attached hydrogens (primary N) is 1. The number of ketones is 1. The number of rotatable bonds is 3. The Hall–Kier alpha value is -0.740. The van der Waals surface area contributed by atoms with Gasteiger partial charge in [0, 0.05) is 22.9 Å². The Morgan fingerprint density at radius 2 is 2.05 bits per heavy atom. The van der Waals surface area contributed by atoms with E-state index in [1.54, 1.807) is 6.07 Å². The van der Waals surface area contributed by atoms with Crippen LogP contribution in [0.4, 0.5) is 4.39 Å². The highest BCUT2D eigenvalue weighted by Gasteiger charge is 2.48. The fraction of sp³-hybridized carbons (Fsp3) is 0.533. The maximum atomic E-state index is 13.3. The molecule has 1 aromatic carbocycles. The number of halogens is 2. The van der Waals surface area contributed by atoms with E-state index in [4.69, 9.17) is 5.73 Å². The van der Waals surface area contributed by atoms with Crippen LogP contribution in [-0.2, 0) is 11.2 Å². The number of hydrogen-bond donors (Lipinski definition) is 1. The van der Waals surface area contributed by atoms with Crippen molar-refractivity contribution in [2.45, 2.75) is 31.7 Å². The van der Waals surface area contributed by atoms with E-state index in [9.17, 15) is 9.18 Å². The fourth-order valence-corrected chi connectivity index (χ4v) is 4.36. The van der Waals surface area contributed by atoms with Gasteiger partial charge >= 0.3 is 0 Å². The van der Waals surface area contributed by atoms with E-state index in [1.165, 1.54) is 18.6 Å². The summed E-state index contributed by atoms with van der Waals surface area (Å²) in [4.78, 5) is 12.4. The van der Waals surface area contributed by atoms with Crippen molar-refractivity contribution < 1.29 is 9.18 Å². The first-order valence-electron chi connectivity index (χ1n) is 6.78. The minimum atomic E-state index is -0.311. The predicted molar refractivity (Wildman–Crippen MR) is 75.1 cm³/mol. The van der Waals surface area contributed by atoms with Gasteiger partial charge in [0.25, 0.3) is 0 Å². The third-order valence-electron chi connectivity index (χ3n) is 4.65. The molecule has 2 saturated carbocycles. The van der Waals surface area contributed by atoms with Crippen molar-refractivity contribution in [3.63, 3.8) is 0 Å². The molecule has 4 heteroatoms. The average molecular weight is 326 g/mol. The average Bonchev–Trinajstić information content (AvgIpc) is 2.87. The van der Waals surface area contributed by atoms with Crippen molar-refractivity contribution in [1.82, 2.24) is 0 Å². The molecule has 0 radical (unpaired) electrons. The minimum absolute atomic E-state index is 0.0132. The van der Waals surface area contributed by atoms with Crippen LogP contribution in [0.15, 0.2) is 22.7 Å². The molecule has 2 fully saturated rings. The zero-order chi connectivity index (χ0) is 13.6. The normalized spacial score (nSPS) is 32.8. The number of carbonyl (C=O) groups is 1. The van der Waals surface area contributed by atoms with Gasteiger partial charge in [-0.1, -0.05) is 15.9 Å². The molecule has 2 bridgehead atoms. The third kappa shape index (κ3) is 2.48. The van der Waals surface area contributed by atoms with E-state index in [0.29, 0.717) is 16.3 Å². The zero-order valence-corrected chi connectivity index (χ0v) is 12.2. The van der Waals surface area contributed by atoms with E-state index in [1.807, 2.05) is 0 Å².